The average molecular weight is 513 g/mol. The molecule has 3 aromatic rings. The number of nitrogens with one attached hydrogen (secondary N) is 1. The quantitative estimate of drug-likeness (QED) is 0.226. The fourth-order valence-corrected chi connectivity index (χ4v) is 5.41. The van der Waals surface area contributed by atoms with Crippen molar-refractivity contribution in [2.75, 3.05) is 36.8 Å². The molecule has 2 saturated heterocycles. The number of anilines is 2. The molecule has 7 N–H and O–H groups in total. The number of halogens is 2. The van der Waals surface area contributed by atoms with Gasteiger partial charge in [-0.15, -0.1) is 0 Å². The van der Waals surface area contributed by atoms with Crippen LogP contribution in [0.3, 0.4) is 0 Å². The van der Waals surface area contributed by atoms with Crippen molar-refractivity contribution < 1.29 is 10.1 Å². The first-order valence-electron chi connectivity index (χ1n) is 11.5. The molecule has 5 rings (SSSR count). The number of rotatable bonds is 6. The van der Waals surface area contributed by atoms with Crippen LogP contribution in [0.2, 0.25) is 10.0 Å². The molecular weight excluding hydrogens is 485 g/mol. The third kappa shape index (κ3) is 4.79. The van der Waals surface area contributed by atoms with Crippen LogP contribution in [0, 0.1) is 5.41 Å². The Morgan fingerprint density at radius 3 is 2.46 bits per heavy atom. The number of nitrogen functional groups attached to an aromatic ring is 1. The van der Waals surface area contributed by atoms with Gasteiger partial charge in [-0.1, -0.05) is 23.2 Å². The lowest BCUT2D eigenvalue weighted by Gasteiger charge is -2.53. The van der Waals surface area contributed by atoms with Crippen molar-refractivity contribution in [2.24, 2.45) is 11.1 Å². The van der Waals surface area contributed by atoms with Crippen LogP contribution in [0.1, 0.15) is 35.8 Å². The van der Waals surface area contributed by atoms with Gasteiger partial charge >= 0.3 is 0 Å². The molecule has 0 amide bonds. The lowest BCUT2D eigenvalue weighted by molar-refractivity contribution is -0.111. The van der Waals surface area contributed by atoms with E-state index in [0.29, 0.717) is 43.7 Å². The van der Waals surface area contributed by atoms with Gasteiger partial charge in [0.1, 0.15) is 11.6 Å². The number of ether oxygens (including phenoxy) is 1. The van der Waals surface area contributed by atoms with Gasteiger partial charge in [-0.25, -0.2) is 4.98 Å². The third-order valence-electron chi connectivity index (χ3n) is 6.85. The Balaban J connectivity index is 1.29. The van der Waals surface area contributed by atoms with Crippen LogP contribution in [0.25, 0.3) is 0 Å². The van der Waals surface area contributed by atoms with Gasteiger partial charge in [0.2, 0.25) is 5.71 Å². The van der Waals surface area contributed by atoms with Crippen molar-refractivity contribution in [3.8, 4) is 5.75 Å². The SMILES string of the molecule is Nc1ccc(O[C@H](N)c2c(Cl)cncc2Cl)cc1C(=[NH2+])c1ccc(N2CC3(CCNCC3)C2)nc1. The fourth-order valence-electron chi connectivity index (χ4n) is 4.83. The zero-order valence-electron chi connectivity index (χ0n) is 19.2. The first-order valence-corrected chi connectivity index (χ1v) is 12.3. The van der Waals surface area contributed by atoms with Crippen LogP contribution < -0.4 is 31.8 Å². The van der Waals surface area contributed by atoms with E-state index in [4.69, 9.17) is 44.8 Å². The summed E-state index contributed by atoms with van der Waals surface area (Å²) in [6.07, 6.45) is 6.28. The molecule has 2 aliphatic heterocycles. The van der Waals surface area contributed by atoms with E-state index in [1.807, 2.05) is 12.1 Å². The van der Waals surface area contributed by atoms with E-state index in [-0.39, 0.29) is 0 Å². The number of hydrogen-bond acceptors (Lipinski definition) is 7. The molecule has 0 bridgehead atoms. The number of nitrogens with two attached hydrogens (primary N) is 3. The lowest BCUT2D eigenvalue weighted by atomic mass is 9.72. The smallest absolute Gasteiger partial charge is 0.215 e. The summed E-state index contributed by atoms with van der Waals surface area (Å²) in [6.45, 7) is 4.31. The maximum Gasteiger partial charge on any atom is 0.215 e. The van der Waals surface area contributed by atoms with Crippen molar-refractivity contribution in [3.63, 3.8) is 0 Å². The van der Waals surface area contributed by atoms with Crippen LogP contribution in [0.15, 0.2) is 48.9 Å². The number of piperidine rings is 1. The van der Waals surface area contributed by atoms with Gasteiger partial charge in [-0.2, -0.15) is 0 Å². The Bertz CT molecular complexity index is 1220. The molecule has 10 heteroatoms. The highest BCUT2D eigenvalue weighted by Gasteiger charge is 2.43. The molecule has 35 heavy (non-hydrogen) atoms. The minimum atomic E-state index is -0.892. The summed E-state index contributed by atoms with van der Waals surface area (Å²) in [7, 11) is 0. The lowest BCUT2D eigenvalue weighted by Crippen LogP contribution is -2.60. The molecule has 2 fully saturated rings. The van der Waals surface area contributed by atoms with E-state index in [1.165, 1.54) is 25.2 Å². The summed E-state index contributed by atoms with van der Waals surface area (Å²) >= 11 is 12.4. The van der Waals surface area contributed by atoms with E-state index < -0.39 is 6.23 Å². The molecule has 0 saturated carbocycles. The highest BCUT2D eigenvalue weighted by molar-refractivity contribution is 6.35. The molecule has 2 aliphatic rings. The van der Waals surface area contributed by atoms with Crippen LogP contribution >= 0.6 is 23.2 Å². The van der Waals surface area contributed by atoms with Crippen molar-refractivity contribution in [3.05, 3.63) is 75.7 Å². The van der Waals surface area contributed by atoms with Crippen LogP contribution in [-0.2, 0) is 0 Å². The largest absolute Gasteiger partial charge is 0.471 e. The number of nitrogens with zero attached hydrogens (tertiary/aromatic N) is 3. The molecule has 0 radical (unpaired) electrons. The second-order valence-electron chi connectivity index (χ2n) is 9.23. The Morgan fingerprint density at radius 1 is 1.09 bits per heavy atom. The Morgan fingerprint density at radius 2 is 1.80 bits per heavy atom. The predicted octanol–water partition coefficient (Wildman–Crippen LogP) is 2.19. The second kappa shape index (κ2) is 9.62. The van der Waals surface area contributed by atoms with Gasteiger partial charge in [0.05, 0.1) is 21.2 Å². The molecule has 182 valence electrons. The topological polar surface area (TPSA) is 128 Å². The molecule has 1 atom stereocenters. The van der Waals surface area contributed by atoms with Crippen molar-refractivity contribution in [1.82, 2.24) is 15.3 Å². The predicted molar refractivity (Wildman–Crippen MR) is 139 cm³/mol. The maximum atomic E-state index is 6.50. The van der Waals surface area contributed by atoms with Crippen molar-refractivity contribution >= 4 is 40.4 Å². The molecule has 2 aromatic heterocycles. The van der Waals surface area contributed by atoms with E-state index in [9.17, 15) is 0 Å². The van der Waals surface area contributed by atoms with Gasteiger partial charge in [0.25, 0.3) is 0 Å². The molecule has 0 aliphatic carbocycles. The zero-order chi connectivity index (χ0) is 24.6. The van der Waals surface area contributed by atoms with Crippen molar-refractivity contribution in [1.29, 1.82) is 0 Å². The minimum Gasteiger partial charge on any atom is -0.471 e. The molecule has 8 nitrogen and oxygen atoms in total. The molecule has 4 heterocycles. The van der Waals surface area contributed by atoms with Gasteiger partial charge in [-0.3, -0.25) is 16.1 Å². The van der Waals surface area contributed by atoms with Gasteiger partial charge in [-0.05, 0) is 56.3 Å². The summed E-state index contributed by atoms with van der Waals surface area (Å²) < 4.78 is 5.90. The van der Waals surface area contributed by atoms with Gasteiger partial charge in [0.15, 0.2) is 6.23 Å². The van der Waals surface area contributed by atoms with E-state index in [2.05, 4.69) is 20.2 Å². The average Bonchev–Trinajstić information content (AvgIpc) is 2.84. The van der Waals surface area contributed by atoms with Gasteiger partial charge < -0.3 is 20.7 Å². The van der Waals surface area contributed by atoms with E-state index in [0.717, 1.165) is 37.6 Å². The number of hydrogen-bond donors (Lipinski definition) is 4. The summed E-state index contributed by atoms with van der Waals surface area (Å²) in [5.74, 6) is 1.44. The third-order valence-corrected chi connectivity index (χ3v) is 7.45. The minimum absolute atomic E-state index is 0.325. The normalized spacial score (nSPS) is 17.6. The molecule has 1 aromatic carbocycles. The number of aromatic nitrogens is 2. The summed E-state index contributed by atoms with van der Waals surface area (Å²) in [5.41, 5.74) is 15.8. The zero-order valence-corrected chi connectivity index (χ0v) is 20.7. The highest BCUT2D eigenvalue weighted by Crippen LogP contribution is 2.40. The van der Waals surface area contributed by atoms with E-state index >= 15 is 0 Å². The van der Waals surface area contributed by atoms with Crippen molar-refractivity contribution in [2.45, 2.75) is 19.1 Å². The Kier molecular flexibility index (Phi) is 6.55. The standard InChI is InChI=1S/C25H27Cl2N7O/c26-18-11-32-12-19(27)22(18)24(30)35-16-2-3-20(28)17(9-16)23(29)15-1-4-21(33-10-15)34-13-25(14-34)5-7-31-8-6-25/h1-4,9-12,24,29,31H,5-8,13-14,28,30H2/p+1/t24-/m0/s1. The number of pyridine rings is 2. The van der Waals surface area contributed by atoms with Crippen LogP contribution in [-0.4, -0.2) is 41.9 Å². The van der Waals surface area contributed by atoms with Gasteiger partial charge in [0, 0.05) is 48.3 Å². The molecule has 0 unspecified atom stereocenters. The first-order chi connectivity index (χ1) is 16.8. The fraction of sp³-hybridized carbons (Fsp3) is 0.320. The number of benzene rings is 1. The Hall–Kier alpha value is -2.91. The first kappa shape index (κ1) is 23.8. The molecule has 1 spiro atoms. The monoisotopic (exact) mass is 512 g/mol. The van der Waals surface area contributed by atoms with Crippen LogP contribution in [0.5, 0.6) is 5.75 Å². The van der Waals surface area contributed by atoms with Crippen LogP contribution in [0.4, 0.5) is 11.5 Å². The highest BCUT2D eigenvalue weighted by atomic mass is 35.5. The molecular formula is C25H28Cl2N7O+. The second-order valence-corrected chi connectivity index (χ2v) is 10.0. The summed E-state index contributed by atoms with van der Waals surface area (Å²) in [4.78, 5) is 10.9. The summed E-state index contributed by atoms with van der Waals surface area (Å²) in [6, 6.07) is 9.17. The summed E-state index contributed by atoms with van der Waals surface area (Å²) in [5, 5.41) is 10.6. The Labute approximate surface area is 214 Å². The maximum absolute atomic E-state index is 6.50. The van der Waals surface area contributed by atoms with E-state index in [1.54, 1.807) is 24.4 Å².